The summed E-state index contributed by atoms with van der Waals surface area (Å²) in [5.41, 5.74) is 1.19. The number of carbonyl (C=O) groups is 2. The maximum Gasteiger partial charge on any atom is 0.282 e. The van der Waals surface area contributed by atoms with Crippen LogP contribution in [-0.4, -0.2) is 41.5 Å². The number of thioether (sulfide) groups is 1. The third kappa shape index (κ3) is 5.30. The van der Waals surface area contributed by atoms with E-state index in [2.05, 4.69) is 21.2 Å². The second-order valence-electron chi connectivity index (χ2n) is 5.81. The van der Waals surface area contributed by atoms with Crippen molar-refractivity contribution in [2.24, 2.45) is 0 Å². The number of hydrogen-bond donors (Lipinski definition) is 1. The fourth-order valence-corrected chi connectivity index (χ4v) is 3.34. The van der Waals surface area contributed by atoms with Crippen molar-refractivity contribution >= 4 is 50.9 Å². The van der Waals surface area contributed by atoms with E-state index in [-0.39, 0.29) is 23.7 Å². The molecule has 0 aliphatic heterocycles. The second kappa shape index (κ2) is 9.01. The highest BCUT2D eigenvalue weighted by molar-refractivity contribution is 9.10. The maximum absolute atomic E-state index is 12.7. The highest BCUT2D eigenvalue weighted by Crippen LogP contribution is 2.26. The third-order valence-corrected chi connectivity index (χ3v) is 5.04. The summed E-state index contributed by atoms with van der Waals surface area (Å²) in [7, 11) is 1.44. The van der Waals surface area contributed by atoms with Gasteiger partial charge in [0.15, 0.2) is 0 Å². The number of rotatable bonds is 6. The average Bonchev–Trinajstić information content (AvgIpc) is 2.62. The number of carbonyl (C=O) groups excluding carboxylic acids is 2. The number of aryl methyl sites for hydroxylation is 1. The second-order valence-corrected chi connectivity index (χ2v) is 7.60. The zero-order chi connectivity index (χ0) is 20.1. The van der Waals surface area contributed by atoms with Crippen molar-refractivity contribution in [1.82, 2.24) is 4.90 Å². The molecule has 0 saturated carbocycles. The molecule has 2 aromatic rings. The van der Waals surface area contributed by atoms with Crippen LogP contribution in [0.5, 0.6) is 0 Å². The van der Waals surface area contributed by atoms with Gasteiger partial charge in [-0.3, -0.25) is 19.7 Å². The topological polar surface area (TPSA) is 92.6 Å². The van der Waals surface area contributed by atoms with E-state index in [4.69, 9.17) is 0 Å². The van der Waals surface area contributed by atoms with Crippen molar-refractivity contribution < 1.29 is 14.5 Å². The molecule has 0 unspecified atom stereocenters. The first kappa shape index (κ1) is 20.9. The van der Waals surface area contributed by atoms with Crippen LogP contribution in [-0.2, 0) is 4.79 Å². The van der Waals surface area contributed by atoms with Gasteiger partial charge in [-0.2, -0.15) is 0 Å². The van der Waals surface area contributed by atoms with Gasteiger partial charge in [0.2, 0.25) is 5.91 Å². The minimum absolute atomic E-state index is 0.0398. The van der Waals surface area contributed by atoms with Crippen LogP contribution >= 0.6 is 27.7 Å². The molecule has 2 amide bonds. The zero-order valence-corrected chi connectivity index (χ0v) is 17.4. The van der Waals surface area contributed by atoms with Crippen molar-refractivity contribution in [3.63, 3.8) is 0 Å². The lowest BCUT2D eigenvalue weighted by Crippen LogP contribution is -2.35. The fraction of sp³-hybridized carbons (Fsp3) is 0.222. The molecule has 7 nitrogen and oxygen atoms in total. The lowest BCUT2D eigenvalue weighted by atomic mass is 10.1. The van der Waals surface area contributed by atoms with Gasteiger partial charge in [-0.05, 0) is 49.1 Å². The molecule has 2 rings (SSSR count). The van der Waals surface area contributed by atoms with Crippen molar-refractivity contribution in [2.45, 2.75) is 11.8 Å². The Morgan fingerprint density at radius 3 is 2.56 bits per heavy atom. The van der Waals surface area contributed by atoms with Gasteiger partial charge in [0.05, 0.1) is 11.5 Å². The number of hydrogen-bond acceptors (Lipinski definition) is 5. The number of nitrogens with zero attached hydrogens (tertiary/aromatic N) is 2. The Balaban J connectivity index is 2.15. The lowest BCUT2D eigenvalue weighted by Gasteiger charge is -2.18. The SMILES string of the molecule is CSc1ccc([N+](=O)[O-])c(C(=O)N(C)CC(=O)Nc2ccc(Br)cc2C)c1. The molecule has 0 aliphatic rings. The molecule has 2 aromatic carbocycles. The summed E-state index contributed by atoms with van der Waals surface area (Å²) in [6.45, 7) is 1.63. The summed E-state index contributed by atoms with van der Waals surface area (Å²) in [4.78, 5) is 37.5. The van der Waals surface area contributed by atoms with E-state index in [1.54, 1.807) is 18.2 Å². The third-order valence-electron chi connectivity index (χ3n) is 3.82. The molecule has 0 atom stereocenters. The first-order valence-corrected chi connectivity index (χ1v) is 9.88. The van der Waals surface area contributed by atoms with Gasteiger partial charge in [-0.25, -0.2) is 0 Å². The average molecular weight is 452 g/mol. The molecule has 0 saturated heterocycles. The van der Waals surface area contributed by atoms with Crippen LogP contribution in [0.15, 0.2) is 45.8 Å². The summed E-state index contributed by atoms with van der Waals surface area (Å²) >= 11 is 4.73. The van der Waals surface area contributed by atoms with E-state index in [0.29, 0.717) is 5.69 Å². The van der Waals surface area contributed by atoms with Crippen LogP contribution in [0.3, 0.4) is 0 Å². The van der Waals surface area contributed by atoms with Crippen molar-refractivity contribution in [3.05, 3.63) is 62.1 Å². The largest absolute Gasteiger partial charge is 0.332 e. The van der Waals surface area contributed by atoms with Crippen molar-refractivity contribution in [2.75, 3.05) is 25.2 Å². The molecule has 0 radical (unpaired) electrons. The van der Waals surface area contributed by atoms with E-state index in [1.165, 1.54) is 30.9 Å². The van der Waals surface area contributed by atoms with Gasteiger partial charge in [-0.15, -0.1) is 11.8 Å². The number of nitro benzene ring substituents is 1. The summed E-state index contributed by atoms with van der Waals surface area (Å²) in [5.74, 6) is -0.972. The van der Waals surface area contributed by atoms with Crippen molar-refractivity contribution in [1.29, 1.82) is 0 Å². The van der Waals surface area contributed by atoms with Crippen LogP contribution in [0.25, 0.3) is 0 Å². The highest BCUT2D eigenvalue weighted by Gasteiger charge is 2.24. The van der Waals surface area contributed by atoms with Gasteiger partial charge >= 0.3 is 0 Å². The number of nitrogens with one attached hydrogen (secondary N) is 1. The Morgan fingerprint density at radius 2 is 1.96 bits per heavy atom. The molecule has 0 fully saturated rings. The zero-order valence-electron chi connectivity index (χ0n) is 15.0. The van der Waals surface area contributed by atoms with E-state index in [9.17, 15) is 19.7 Å². The number of anilines is 1. The molecule has 27 heavy (non-hydrogen) atoms. The number of nitro groups is 1. The molecule has 0 bridgehead atoms. The Bertz CT molecular complexity index is 904. The Hall–Kier alpha value is -2.39. The number of likely N-dealkylation sites (N-methyl/N-ethyl adjacent to an activating group) is 1. The van der Waals surface area contributed by atoms with E-state index in [1.807, 2.05) is 19.2 Å². The van der Waals surface area contributed by atoms with Crippen LogP contribution in [0.4, 0.5) is 11.4 Å². The summed E-state index contributed by atoms with van der Waals surface area (Å²) < 4.78 is 0.895. The number of amides is 2. The predicted octanol–water partition coefficient (Wildman–Crippen LogP) is 4.10. The van der Waals surface area contributed by atoms with Gasteiger partial charge < -0.3 is 10.2 Å². The first-order valence-electron chi connectivity index (χ1n) is 7.87. The normalized spacial score (nSPS) is 10.4. The highest BCUT2D eigenvalue weighted by atomic mass is 79.9. The molecular weight excluding hydrogens is 434 g/mol. The Kier molecular flexibility index (Phi) is 6.98. The van der Waals surface area contributed by atoms with Crippen LogP contribution in [0.2, 0.25) is 0 Å². The van der Waals surface area contributed by atoms with E-state index in [0.717, 1.165) is 19.8 Å². The molecule has 0 aromatic heterocycles. The lowest BCUT2D eigenvalue weighted by molar-refractivity contribution is -0.385. The van der Waals surface area contributed by atoms with E-state index >= 15 is 0 Å². The van der Waals surface area contributed by atoms with Gasteiger partial charge in [0.25, 0.3) is 11.6 Å². The molecule has 9 heteroatoms. The Morgan fingerprint density at radius 1 is 1.26 bits per heavy atom. The number of benzene rings is 2. The van der Waals surface area contributed by atoms with E-state index < -0.39 is 10.8 Å². The van der Waals surface area contributed by atoms with Crippen molar-refractivity contribution in [3.8, 4) is 0 Å². The van der Waals surface area contributed by atoms with Crippen LogP contribution in [0, 0.1) is 17.0 Å². The molecule has 1 N–H and O–H groups in total. The van der Waals surface area contributed by atoms with Gasteiger partial charge in [0.1, 0.15) is 5.56 Å². The summed E-state index contributed by atoms with van der Waals surface area (Å²) in [6.07, 6.45) is 1.81. The molecule has 142 valence electrons. The quantitative estimate of drug-likeness (QED) is 0.405. The van der Waals surface area contributed by atoms with Crippen LogP contribution in [0.1, 0.15) is 15.9 Å². The number of halogens is 1. The minimum atomic E-state index is -0.601. The fourth-order valence-electron chi connectivity index (χ4n) is 2.42. The Labute approximate surface area is 169 Å². The van der Waals surface area contributed by atoms with Crippen LogP contribution < -0.4 is 5.32 Å². The molecule has 0 heterocycles. The van der Waals surface area contributed by atoms with Gasteiger partial charge in [0, 0.05) is 28.2 Å². The maximum atomic E-state index is 12.7. The summed E-state index contributed by atoms with van der Waals surface area (Å²) in [5, 5.41) is 14.0. The first-order chi connectivity index (χ1) is 12.7. The minimum Gasteiger partial charge on any atom is -0.332 e. The monoisotopic (exact) mass is 451 g/mol. The molecule has 0 spiro atoms. The predicted molar refractivity (Wildman–Crippen MR) is 109 cm³/mol. The standard InChI is InChI=1S/C18H18BrN3O4S/c1-11-8-12(19)4-6-15(11)20-17(23)10-21(2)18(24)14-9-13(27-3)5-7-16(14)22(25)26/h4-9H,10H2,1-3H3,(H,20,23). The smallest absolute Gasteiger partial charge is 0.282 e. The van der Waals surface area contributed by atoms with Gasteiger partial charge in [-0.1, -0.05) is 15.9 Å². The molecule has 0 aliphatic carbocycles. The molecular formula is C18H18BrN3O4S. The summed E-state index contributed by atoms with van der Waals surface area (Å²) in [6, 6.07) is 9.78.